The summed E-state index contributed by atoms with van der Waals surface area (Å²) < 4.78 is 53.4. The summed E-state index contributed by atoms with van der Waals surface area (Å²) in [5.74, 6) is -0.581. The highest BCUT2D eigenvalue weighted by molar-refractivity contribution is 5.48. The van der Waals surface area contributed by atoms with Gasteiger partial charge in [-0.25, -0.2) is 4.39 Å². The third-order valence-electron chi connectivity index (χ3n) is 2.79. The largest absolute Gasteiger partial charge is 0.573 e. The maximum atomic E-state index is 13.1. The van der Waals surface area contributed by atoms with E-state index in [4.69, 9.17) is 0 Å². The number of alkyl halides is 3. The molecule has 0 aromatic heterocycles. The molecule has 2 aromatic rings. The molecule has 2 aromatic carbocycles. The lowest BCUT2D eigenvalue weighted by atomic mass is 10.1. The number of aryl methyl sites for hydroxylation is 1. The first-order valence-electron chi connectivity index (χ1n) is 6.18. The van der Waals surface area contributed by atoms with Gasteiger partial charge < -0.3 is 10.1 Å². The van der Waals surface area contributed by atoms with E-state index in [1.54, 1.807) is 25.1 Å². The van der Waals surface area contributed by atoms with Crippen molar-refractivity contribution >= 4 is 5.69 Å². The smallest absolute Gasteiger partial charge is 0.406 e. The van der Waals surface area contributed by atoms with E-state index in [0.29, 0.717) is 17.8 Å². The number of nitrogens with one attached hydrogen (secondary N) is 1. The molecular formula is C15H13F4NO. The van der Waals surface area contributed by atoms with Gasteiger partial charge in [0.05, 0.1) is 0 Å². The Kier molecular flexibility index (Phi) is 4.35. The van der Waals surface area contributed by atoms with Crippen molar-refractivity contribution in [2.45, 2.75) is 19.8 Å². The average Bonchev–Trinajstić information content (AvgIpc) is 2.39. The van der Waals surface area contributed by atoms with E-state index in [0.717, 1.165) is 5.56 Å². The number of hydrogen-bond acceptors (Lipinski definition) is 2. The number of ether oxygens (including phenoxy) is 1. The van der Waals surface area contributed by atoms with E-state index < -0.39 is 6.36 Å². The molecule has 2 rings (SSSR count). The minimum atomic E-state index is -4.72. The predicted molar refractivity (Wildman–Crippen MR) is 71.6 cm³/mol. The van der Waals surface area contributed by atoms with Gasteiger partial charge in [0.25, 0.3) is 0 Å². The van der Waals surface area contributed by atoms with E-state index in [1.165, 1.54) is 24.3 Å². The first-order valence-corrected chi connectivity index (χ1v) is 6.18. The van der Waals surface area contributed by atoms with Crippen LogP contribution in [-0.4, -0.2) is 6.36 Å². The Morgan fingerprint density at radius 1 is 1.10 bits per heavy atom. The van der Waals surface area contributed by atoms with Crippen LogP contribution < -0.4 is 10.1 Å². The molecule has 0 saturated carbocycles. The van der Waals surface area contributed by atoms with Crippen molar-refractivity contribution in [3.05, 3.63) is 59.4 Å². The fraction of sp³-hybridized carbons (Fsp3) is 0.200. The number of rotatable bonds is 4. The number of anilines is 1. The molecule has 0 spiro atoms. The highest BCUT2D eigenvalue weighted by atomic mass is 19.4. The van der Waals surface area contributed by atoms with Gasteiger partial charge in [0.2, 0.25) is 0 Å². The van der Waals surface area contributed by atoms with Gasteiger partial charge in [-0.3, -0.25) is 0 Å². The predicted octanol–water partition coefficient (Wildman–Crippen LogP) is 4.64. The van der Waals surface area contributed by atoms with E-state index in [-0.39, 0.29) is 11.6 Å². The lowest BCUT2D eigenvalue weighted by Gasteiger charge is -2.11. The van der Waals surface area contributed by atoms with Gasteiger partial charge >= 0.3 is 6.36 Å². The summed E-state index contributed by atoms with van der Waals surface area (Å²) in [6.45, 7) is 2.02. The zero-order valence-electron chi connectivity index (χ0n) is 11.2. The Balaban J connectivity index is 2.03. The molecule has 0 amide bonds. The third kappa shape index (κ3) is 4.66. The third-order valence-corrected chi connectivity index (χ3v) is 2.79. The second kappa shape index (κ2) is 6.03. The summed E-state index contributed by atoms with van der Waals surface area (Å²) in [4.78, 5) is 0. The Hall–Kier alpha value is -2.24. The monoisotopic (exact) mass is 299 g/mol. The van der Waals surface area contributed by atoms with Crippen LogP contribution in [0.4, 0.5) is 23.2 Å². The van der Waals surface area contributed by atoms with Crippen LogP contribution in [0.3, 0.4) is 0 Å². The summed E-state index contributed by atoms with van der Waals surface area (Å²) in [5.41, 5.74) is 1.83. The van der Waals surface area contributed by atoms with E-state index in [9.17, 15) is 17.6 Å². The van der Waals surface area contributed by atoms with Crippen LogP contribution in [0.15, 0.2) is 42.5 Å². The summed E-state index contributed by atoms with van der Waals surface area (Å²) in [6, 6.07) is 10.2. The molecule has 0 fully saturated rings. The van der Waals surface area contributed by atoms with Crippen LogP contribution in [0.25, 0.3) is 0 Å². The van der Waals surface area contributed by atoms with Crippen molar-refractivity contribution in [3.63, 3.8) is 0 Å². The van der Waals surface area contributed by atoms with Crippen LogP contribution in [0.5, 0.6) is 5.75 Å². The second-order valence-electron chi connectivity index (χ2n) is 4.51. The number of benzene rings is 2. The van der Waals surface area contributed by atoms with Crippen LogP contribution in [-0.2, 0) is 6.54 Å². The molecule has 0 aliphatic carbocycles. The van der Waals surface area contributed by atoms with E-state index >= 15 is 0 Å². The SMILES string of the molecule is Cc1cc(CNc2cccc(OC(F)(F)F)c2)ccc1F. The second-order valence-corrected chi connectivity index (χ2v) is 4.51. The molecule has 21 heavy (non-hydrogen) atoms. The molecule has 1 N–H and O–H groups in total. The van der Waals surface area contributed by atoms with Crippen molar-refractivity contribution in [1.82, 2.24) is 0 Å². The standard InChI is InChI=1S/C15H13F4NO/c1-10-7-11(5-6-14(10)16)9-20-12-3-2-4-13(8-12)21-15(17,18)19/h2-8,20H,9H2,1H3. The molecule has 0 atom stereocenters. The van der Waals surface area contributed by atoms with Crippen molar-refractivity contribution in [2.75, 3.05) is 5.32 Å². The molecule has 0 unspecified atom stereocenters. The van der Waals surface area contributed by atoms with Gasteiger partial charge in [0, 0.05) is 18.3 Å². The van der Waals surface area contributed by atoms with Gasteiger partial charge in [-0.15, -0.1) is 13.2 Å². The van der Waals surface area contributed by atoms with Crippen molar-refractivity contribution in [1.29, 1.82) is 0 Å². The molecule has 2 nitrogen and oxygen atoms in total. The molecule has 0 radical (unpaired) electrons. The Labute approximate surface area is 119 Å². The molecule has 0 aliphatic heterocycles. The molecule has 0 heterocycles. The summed E-state index contributed by atoms with van der Waals surface area (Å²) in [6.07, 6.45) is -4.72. The zero-order valence-corrected chi connectivity index (χ0v) is 11.2. The minimum Gasteiger partial charge on any atom is -0.406 e. The van der Waals surface area contributed by atoms with Gasteiger partial charge in [-0.1, -0.05) is 18.2 Å². The Morgan fingerprint density at radius 2 is 1.86 bits per heavy atom. The Bertz CT molecular complexity index is 625. The fourth-order valence-corrected chi connectivity index (χ4v) is 1.82. The van der Waals surface area contributed by atoms with Crippen LogP contribution in [0.2, 0.25) is 0 Å². The highest BCUT2D eigenvalue weighted by Gasteiger charge is 2.31. The van der Waals surface area contributed by atoms with Crippen LogP contribution in [0, 0.1) is 12.7 Å². The topological polar surface area (TPSA) is 21.3 Å². The average molecular weight is 299 g/mol. The van der Waals surface area contributed by atoms with Crippen LogP contribution in [0.1, 0.15) is 11.1 Å². The van der Waals surface area contributed by atoms with Crippen molar-refractivity contribution < 1.29 is 22.3 Å². The maximum absolute atomic E-state index is 13.1. The molecule has 112 valence electrons. The lowest BCUT2D eigenvalue weighted by Crippen LogP contribution is -2.17. The van der Waals surface area contributed by atoms with Gasteiger partial charge in [-0.2, -0.15) is 0 Å². The molecule has 0 bridgehead atoms. The van der Waals surface area contributed by atoms with Crippen LogP contribution >= 0.6 is 0 Å². The molecular weight excluding hydrogens is 286 g/mol. The molecule has 0 saturated heterocycles. The first-order chi connectivity index (χ1) is 9.83. The van der Waals surface area contributed by atoms with E-state index in [2.05, 4.69) is 10.1 Å². The van der Waals surface area contributed by atoms with Crippen molar-refractivity contribution in [3.8, 4) is 5.75 Å². The molecule has 6 heteroatoms. The molecule has 0 aliphatic rings. The first kappa shape index (κ1) is 15.2. The summed E-state index contributed by atoms with van der Waals surface area (Å²) in [5, 5.41) is 2.96. The zero-order chi connectivity index (χ0) is 15.5. The van der Waals surface area contributed by atoms with E-state index in [1.807, 2.05) is 0 Å². The lowest BCUT2D eigenvalue weighted by molar-refractivity contribution is -0.274. The minimum absolute atomic E-state index is 0.289. The fourth-order valence-electron chi connectivity index (χ4n) is 1.82. The van der Waals surface area contributed by atoms with Gasteiger partial charge in [-0.05, 0) is 36.2 Å². The highest BCUT2D eigenvalue weighted by Crippen LogP contribution is 2.25. The Morgan fingerprint density at radius 3 is 2.52 bits per heavy atom. The van der Waals surface area contributed by atoms with Crippen molar-refractivity contribution in [2.24, 2.45) is 0 Å². The normalized spacial score (nSPS) is 11.3. The van der Waals surface area contributed by atoms with Gasteiger partial charge in [0.1, 0.15) is 11.6 Å². The summed E-state index contributed by atoms with van der Waals surface area (Å²) >= 11 is 0. The maximum Gasteiger partial charge on any atom is 0.573 e. The summed E-state index contributed by atoms with van der Waals surface area (Å²) in [7, 11) is 0. The quantitative estimate of drug-likeness (QED) is 0.830. The number of halogens is 4. The number of hydrogen-bond donors (Lipinski definition) is 1. The van der Waals surface area contributed by atoms with Gasteiger partial charge in [0.15, 0.2) is 0 Å².